The van der Waals surface area contributed by atoms with Crippen molar-refractivity contribution in [2.75, 3.05) is 7.11 Å². The minimum absolute atomic E-state index is 0.367. The molecule has 0 amide bonds. The van der Waals surface area contributed by atoms with Crippen LogP contribution in [0.2, 0.25) is 0 Å². The van der Waals surface area contributed by atoms with Crippen LogP contribution >= 0.6 is 0 Å². The van der Waals surface area contributed by atoms with E-state index in [-0.39, 0.29) is 11.2 Å². The van der Waals surface area contributed by atoms with E-state index in [0.717, 1.165) is 11.0 Å². The summed E-state index contributed by atoms with van der Waals surface area (Å²) in [7, 11) is 1.17. The van der Waals surface area contributed by atoms with Gasteiger partial charge in [0.1, 0.15) is 6.61 Å². The third kappa shape index (κ3) is 3.77. The highest BCUT2D eigenvalue weighted by Crippen LogP contribution is 2.36. The molecule has 2 aromatic heterocycles. The zero-order chi connectivity index (χ0) is 18.1. The van der Waals surface area contributed by atoms with Gasteiger partial charge in [-0.25, -0.2) is 9.97 Å². The van der Waals surface area contributed by atoms with Crippen LogP contribution in [-0.2, 0) is 15.9 Å². The van der Waals surface area contributed by atoms with Gasteiger partial charge in [-0.2, -0.15) is 0 Å². The molecule has 0 spiro atoms. The van der Waals surface area contributed by atoms with Crippen LogP contribution in [0.3, 0.4) is 0 Å². The summed E-state index contributed by atoms with van der Waals surface area (Å²) in [5, 5.41) is 0. The van der Waals surface area contributed by atoms with E-state index in [1.165, 1.54) is 0 Å². The number of pyridine rings is 2. The van der Waals surface area contributed by atoms with Gasteiger partial charge in [0, 0.05) is 29.5 Å². The Morgan fingerprint density at radius 3 is 2.08 bits per heavy atom. The van der Waals surface area contributed by atoms with Gasteiger partial charge in [0.05, 0.1) is 18.3 Å². The van der Waals surface area contributed by atoms with Crippen LogP contribution in [-0.4, -0.2) is 35.4 Å². The maximum absolute atomic E-state index is 6.02. The predicted octanol–water partition coefficient (Wildman–Crippen LogP) is 2.36. The predicted molar refractivity (Wildman–Crippen MR) is 95.1 cm³/mol. The van der Waals surface area contributed by atoms with Gasteiger partial charge < -0.3 is 18.8 Å². The van der Waals surface area contributed by atoms with Crippen LogP contribution in [0.15, 0.2) is 36.7 Å². The SMILES string of the molecule is COc1ccc(COc2ccc(B3OC(C)(C)C(C)(C)O3)cn2)cn1. The molecule has 0 atom stereocenters. The third-order valence-corrected chi connectivity index (χ3v) is 4.68. The van der Waals surface area contributed by atoms with Crippen LogP contribution in [0.4, 0.5) is 0 Å². The molecule has 0 aromatic carbocycles. The van der Waals surface area contributed by atoms with Gasteiger partial charge in [-0.1, -0.05) is 6.07 Å². The summed E-state index contributed by atoms with van der Waals surface area (Å²) >= 11 is 0. The Hall–Kier alpha value is -2.12. The summed E-state index contributed by atoms with van der Waals surface area (Å²) in [4.78, 5) is 8.49. The number of hydrogen-bond acceptors (Lipinski definition) is 6. The zero-order valence-corrected chi connectivity index (χ0v) is 15.3. The molecule has 0 unspecified atom stereocenters. The summed E-state index contributed by atoms with van der Waals surface area (Å²) in [6, 6.07) is 7.44. The van der Waals surface area contributed by atoms with Gasteiger partial charge in [-0.15, -0.1) is 0 Å². The van der Waals surface area contributed by atoms with Gasteiger partial charge in [0.2, 0.25) is 11.8 Å². The molecular weight excluding hydrogens is 319 g/mol. The molecule has 2 aromatic rings. The van der Waals surface area contributed by atoms with E-state index in [1.54, 1.807) is 25.6 Å². The van der Waals surface area contributed by atoms with Crippen molar-refractivity contribution in [3.05, 3.63) is 42.2 Å². The summed E-state index contributed by atoms with van der Waals surface area (Å²) < 4.78 is 22.8. The van der Waals surface area contributed by atoms with Crippen LogP contribution in [0.1, 0.15) is 33.3 Å². The van der Waals surface area contributed by atoms with E-state index < -0.39 is 7.12 Å². The van der Waals surface area contributed by atoms with Gasteiger partial charge in [-0.05, 0) is 39.8 Å². The van der Waals surface area contributed by atoms with Crippen molar-refractivity contribution in [2.45, 2.75) is 45.5 Å². The second kappa shape index (κ2) is 6.65. The largest absolute Gasteiger partial charge is 0.496 e. The Kier molecular flexibility index (Phi) is 4.71. The van der Waals surface area contributed by atoms with Crippen molar-refractivity contribution in [3.8, 4) is 11.8 Å². The van der Waals surface area contributed by atoms with Crippen LogP contribution in [0, 0.1) is 0 Å². The van der Waals surface area contributed by atoms with E-state index in [1.807, 2.05) is 45.9 Å². The van der Waals surface area contributed by atoms with Crippen molar-refractivity contribution >= 4 is 12.6 Å². The van der Waals surface area contributed by atoms with Crippen molar-refractivity contribution < 1.29 is 18.8 Å². The maximum atomic E-state index is 6.02. The zero-order valence-electron chi connectivity index (χ0n) is 15.3. The van der Waals surface area contributed by atoms with Gasteiger partial charge >= 0.3 is 7.12 Å². The van der Waals surface area contributed by atoms with Crippen molar-refractivity contribution in [2.24, 2.45) is 0 Å². The molecule has 1 saturated heterocycles. The fourth-order valence-corrected chi connectivity index (χ4v) is 2.37. The minimum Gasteiger partial charge on any atom is -0.481 e. The number of hydrogen-bond donors (Lipinski definition) is 0. The molecule has 6 nitrogen and oxygen atoms in total. The Morgan fingerprint density at radius 2 is 1.56 bits per heavy atom. The van der Waals surface area contributed by atoms with E-state index in [4.69, 9.17) is 18.8 Å². The van der Waals surface area contributed by atoms with Crippen LogP contribution < -0.4 is 14.9 Å². The normalized spacial score (nSPS) is 18.2. The third-order valence-electron chi connectivity index (χ3n) is 4.68. The van der Waals surface area contributed by atoms with Gasteiger partial charge in [0.15, 0.2) is 0 Å². The summed E-state index contributed by atoms with van der Waals surface area (Å²) in [6.07, 6.45) is 3.45. The second-order valence-electron chi connectivity index (χ2n) is 7.02. The lowest BCUT2D eigenvalue weighted by molar-refractivity contribution is 0.00578. The Bertz CT molecular complexity index is 701. The lowest BCUT2D eigenvalue weighted by Gasteiger charge is -2.32. The molecule has 7 heteroatoms. The number of nitrogens with zero attached hydrogens (tertiary/aromatic N) is 2. The molecule has 3 rings (SSSR count). The molecule has 25 heavy (non-hydrogen) atoms. The lowest BCUT2D eigenvalue weighted by Crippen LogP contribution is -2.41. The molecule has 0 N–H and O–H groups in total. The highest BCUT2D eigenvalue weighted by molar-refractivity contribution is 6.62. The highest BCUT2D eigenvalue weighted by atomic mass is 16.7. The standard InChI is InChI=1S/C18H23BN2O4/c1-17(2)18(3,4)25-19(24-17)14-7-9-16(21-11-14)23-12-13-6-8-15(22-5)20-10-13/h6-11H,12H2,1-5H3. The molecule has 132 valence electrons. The van der Waals surface area contributed by atoms with Crippen molar-refractivity contribution in [1.29, 1.82) is 0 Å². The van der Waals surface area contributed by atoms with E-state index >= 15 is 0 Å². The first-order chi connectivity index (χ1) is 11.8. The molecular formula is C18H23BN2O4. The second-order valence-corrected chi connectivity index (χ2v) is 7.02. The van der Waals surface area contributed by atoms with Gasteiger partial charge in [0.25, 0.3) is 0 Å². The fraction of sp³-hybridized carbons (Fsp3) is 0.444. The molecule has 0 bridgehead atoms. The number of aromatic nitrogens is 2. The van der Waals surface area contributed by atoms with Crippen LogP contribution in [0.25, 0.3) is 0 Å². The molecule has 1 aliphatic rings. The number of rotatable bonds is 5. The molecule has 3 heterocycles. The first kappa shape index (κ1) is 17.7. The molecule has 0 radical (unpaired) electrons. The van der Waals surface area contributed by atoms with E-state index in [9.17, 15) is 0 Å². The van der Waals surface area contributed by atoms with Crippen molar-refractivity contribution in [3.63, 3.8) is 0 Å². The summed E-state index contributed by atoms with van der Waals surface area (Å²) in [5.41, 5.74) is 1.08. The summed E-state index contributed by atoms with van der Waals surface area (Å²) in [6.45, 7) is 8.50. The lowest BCUT2D eigenvalue weighted by atomic mass is 9.80. The number of methoxy groups -OCH3 is 1. The monoisotopic (exact) mass is 342 g/mol. The van der Waals surface area contributed by atoms with Crippen LogP contribution in [0.5, 0.6) is 11.8 Å². The summed E-state index contributed by atoms with van der Waals surface area (Å²) in [5.74, 6) is 1.12. The Morgan fingerprint density at radius 1 is 0.920 bits per heavy atom. The number of ether oxygens (including phenoxy) is 2. The quantitative estimate of drug-likeness (QED) is 0.778. The molecule has 0 saturated carbocycles. The average molecular weight is 342 g/mol. The molecule has 1 fully saturated rings. The fourth-order valence-electron chi connectivity index (χ4n) is 2.37. The first-order valence-corrected chi connectivity index (χ1v) is 8.24. The van der Waals surface area contributed by atoms with E-state index in [2.05, 4.69) is 9.97 Å². The highest BCUT2D eigenvalue weighted by Gasteiger charge is 2.51. The molecule has 0 aliphatic carbocycles. The van der Waals surface area contributed by atoms with Crippen molar-refractivity contribution in [1.82, 2.24) is 9.97 Å². The topological polar surface area (TPSA) is 62.7 Å². The molecule has 1 aliphatic heterocycles. The Labute approximate surface area is 148 Å². The van der Waals surface area contributed by atoms with Gasteiger partial charge in [-0.3, -0.25) is 0 Å². The maximum Gasteiger partial charge on any atom is 0.496 e. The Balaban J connectivity index is 1.61. The smallest absolute Gasteiger partial charge is 0.481 e. The first-order valence-electron chi connectivity index (χ1n) is 8.24. The average Bonchev–Trinajstić information content (AvgIpc) is 2.82. The minimum atomic E-state index is -0.419. The van der Waals surface area contributed by atoms with E-state index in [0.29, 0.717) is 18.4 Å².